The number of rotatable bonds is 0. The van der Waals surface area contributed by atoms with Crippen LogP contribution >= 0.6 is 0 Å². The van der Waals surface area contributed by atoms with Crippen LogP contribution in [0.15, 0.2) is 37.2 Å². The molecule has 0 unspecified atom stereocenters. The molecule has 0 N–H and O–H groups in total. The summed E-state index contributed by atoms with van der Waals surface area (Å²) >= 11 is 0. The Kier molecular flexibility index (Phi) is 12.8. The van der Waals surface area contributed by atoms with Gasteiger partial charge in [0.1, 0.15) is 12.2 Å². The Bertz CT molecular complexity index is 447. The second-order valence-corrected chi connectivity index (χ2v) is 6.70. The number of hydrogen-bond acceptors (Lipinski definition) is 4. The van der Waals surface area contributed by atoms with E-state index in [9.17, 15) is 0 Å². The maximum absolute atomic E-state index is 4.14. The van der Waals surface area contributed by atoms with Crippen molar-refractivity contribution in [2.24, 2.45) is 0 Å². The van der Waals surface area contributed by atoms with E-state index in [1.807, 2.05) is 46.2 Å². The predicted octanol–water partition coefficient (Wildman–Crippen LogP) is 5.60. The fraction of sp³-hybridized carbons (Fsp3) is 0.600. The highest BCUT2D eigenvalue weighted by Crippen LogP contribution is 2.19. The Morgan fingerprint density at radius 1 is 0.667 bits per heavy atom. The Hall–Kier alpha value is -1.84. The molecule has 136 valence electrons. The highest BCUT2D eigenvalue weighted by Gasteiger charge is 2.15. The standard InChI is InChI=1S/2C8H12N2.2C2H6/c1-8(2,3)7-4-9-6-10-5-7;1-8(2,3)7-9-5-4-6-10-7;2*1-2/h2*4-6H,1-3H3;2*1-2H3. The average molecular weight is 333 g/mol. The van der Waals surface area contributed by atoms with Gasteiger partial charge in [-0.25, -0.2) is 19.9 Å². The highest BCUT2D eigenvalue weighted by molar-refractivity contribution is 5.13. The normalized spacial score (nSPS) is 10.1. The third-order valence-electron chi connectivity index (χ3n) is 2.66. The van der Waals surface area contributed by atoms with Crippen LogP contribution in [0.4, 0.5) is 0 Å². The van der Waals surface area contributed by atoms with Gasteiger partial charge in [0.15, 0.2) is 0 Å². The second kappa shape index (κ2) is 12.6. The minimum absolute atomic E-state index is 0.0707. The molecule has 2 rings (SSSR count). The summed E-state index contributed by atoms with van der Waals surface area (Å²) in [6.07, 6.45) is 8.80. The van der Waals surface area contributed by atoms with Gasteiger partial charge in [-0.3, -0.25) is 0 Å². The van der Waals surface area contributed by atoms with Crippen molar-refractivity contribution < 1.29 is 0 Å². The SMILES string of the molecule is CC.CC.CC(C)(C)c1cncnc1.CC(C)(C)c1ncccn1. The van der Waals surface area contributed by atoms with Crippen molar-refractivity contribution in [2.75, 3.05) is 0 Å². The van der Waals surface area contributed by atoms with Crippen molar-refractivity contribution >= 4 is 0 Å². The summed E-state index contributed by atoms with van der Waals surface area (Å²) in [6, 6.07) is 1.83. The number of nitrogens with zero attached hydrogens (tertiary/aromatic N) is 4. The molecule has 2 aromatic heterocycles. The first-order valence-electron chi connectivity index (χ1n) is 8.74. The van der Waals surface area contributed by atoms with Gasteiger partial charge in [0.05, 0.1) is 0 Å². The summed E-state index contributed by atoms with van der Waals surface area (Å²) in [5.41, 5.74) is 1.41. The lowest BCUT2D eigenvalue weighted by molar-refractivity contribution is 0.545. The maximum atomic E-state index is 4.14. The quantitative estimate of drug-likeness (QED) is 0.630. The largest absolute Gasteiger partial charge is 0.245 e. The summed E-state index contributed by atoms with van der Waals surface area (Å²) in [7, 11) is 0. The molecule has 2 heterocycles. The van der Waals surface area contributed by atoms with E-state index in [4.69, 9.17) is 0 Å². The van der Waals surface area contributed by atoms with Crippen molar-refractivity contribution in [2.45, 2.75) is 80.1 Å². The van der Waals surface area contributed by atoms with E-state index in [0.29, 0.717) is 0 Å². The lowest BCUT2D eigenvalue weighted by Gasteiger charge is -2.16. The van der Waals surface area contributed by atoms with Crippen LogP contribution in [0.5, 0.6) is 0 Å². The molecular formula is C20H36N4. The van der Waals surface area contributed by atoms with Crippen molar-refractivity contribution in [1.82, 2.24) is 19.9 Å². The van der Waals surface area contributed by atoms with E-state index in [1.54, 1.807) is 18.7 Å². The fourth-order valence-corrected chi connectivity index (χ4v) is 1.37. The summed E-state index contributed by atoms with van der Waals surface area (Å²) < 4.78 is 0. The molecule has 0 atom stereocenters. The Balaban J connectivity index is 0. The zero-order chi connectivity index (χ0) is 19.2. The first-order valence-corrected chi connectivity index (χ1v) is 8.74. The molecule has 2 aromatic rings. The molecule has 0 bridgehead atoms. The zero-order valence-corrected chi connectivity index (χ0v) is 17.3. The van der Waals surface area contributed by atoms with E-state index < -0.39 is 0 Å². The van der Waals surface area contributed by atoms with E-state index in [-0.39, 0.29) is 10.8 Å². The van der Waals surface area contributed by atoms with E-state index in [2.05, 4.69) is 61.5 Å². The smallest absolute Gasteiger partial charge is 0.133 e. The third kappa shape index (κ3) is 10.8. The molecule has 4 nitrogen and oxygen atoms in total. The summed E-state index contributed by atoms with van der Waals surface area (Å²) in [5, 5.41) is 0. The Morgan fingerprint density at radius 3 is 1.33 bits per heavy atom. The first-order chi connectivity index (χ1) is 11.2. The highest BCUT2D eigenvalue weighted by atomic mass is 14.9. The van der Waals surface area contributed by atoms with Crippen LogP contribution in [0.2, 0.25) is 0 Å². The molecule has 0 aliphatic carbocycles. The van der Waals surface area contributed by atoms with Crippen LogP contribution < -0.4 is 0 Å². The molecule has 0 spiro atoms. The lowest BCUT2D eigenvalue weighted by atomic mass is 9.89. The van der Waals surface area contributed by atoms with E-state index in [0.717, 1.165) is 5.82 Å². The van der Waals surface area contributed by atoms with Crippen LogP contribution in [-0.2, 0) is 10.8 Å². The molecule has 0 fully saturated rings. The van der Waals surface area contributed by atoms with E-state index >= 15 is 0 Å². The Labute approximate surface area is 149 Å². The monoisotopic (exact) mass is 332 g/mol. The van der Waals surface area contributed by atoms with Crippen molar-refractivity contribution in [3.8, 4) is 0 Å². The first kappa shape index (κ1) is 24.4. The van der Waals surface area contributed by atoms with E-state index in [1.165, 1.54) is 5.56 Å². The minimum atomic E-state index is 0.0707. The van der Waals surface area contributed by atoms with Gasteiger partial charge < -0.3 is 0 Å². The maximum Gasteiger partial charge on any atom is 0.133 e. The van der Waals surface area contributed by atoms with Gasteiger partial charge in [0.25, 0.3) is 0 Å². The summed E-state index contributed by atoms with van der Waals surface area (Å²) in [4.78, 5) is 16.2. The van der Waals surface area contributed by atoms with Crippen molar-refractivity contribution in [1.29, 1.82) is 0 Å². The van der Waals surface area contributed by atoms with Gasteiger partial charge >= 0.3 is 0 Å². The molecule has 0 aliphatic heterocycles. The van der Waals surface area contributed by atoms with Gasteiger partial charge in [0.2, 0.25) is 0 Å². The molecule has 0 aliphatic rings. The molecule has 0 saturated heterocycles. The number of aromatic nitrogens is 4. The van der Waals surface area contributed by atoms with Gasteiger partial charge in [-0.05, 0) is 17.0 Å². The van der Waals surface area contributed by atoms with Crippen molar-refractivity contribution in [3.05, 3.63) is 48.6 Å². The predicted molar refractivity (Wildman–Crippen MR) is 104 cm³/mol. The summed E-state index contributed by atoms with van der Waals surface area (Å²) in [5.74, 6) is 0.898. The van der Waals surface area contributed by atoms with Crippen LogP contribution in [0.3, 0.4) is 0 Å². The summed E-state index contributed by atoms with van der Waals surface area (Å²) in [6.45, 7) is 20.7. The molecule has 0 radical (unpaired) electrons. The molecule has 0 amide bonds. The van der Waals surface area contributed by atoms with Gasteiger partial charge in [-0.1, -0.05) is 69.2 Å². The zero-order valence-electron chi connectivity index (χ0n) is 17.3. The average Bonchev–Trinajstić information content (AvgIpc) is 2.59. The Morgan fingerprint density at radius 2 is 1.08 bits per heavy atom. The molecule has 4 heteroatoms. The topological polar surface area (TPSA) is 51.6 Å². The van der Waals surface area contributed by atoms with Gasteiger partial charge in [0, 0.05) is 30.2 Å². The lowest BCUT2D eigenvalue weighted by Crippen LogP contribution is -2.14. The molecule has 0 aromatic carbocycles. The number of hydrogen-bond donors (Lipinski definition) is 0. The van der Waals surface area contributed by atoms with Crippen LogP contribution in [0, 0.1) is 0 Å². The van der Waals surface area contributed by atoms with Gasteiger partial charge in [-0.15, -0.1) is 0 Å². The van der Waals surface area contributed by atoms with Crippen LogP contribution in [0.1, 0.15) is 80.6 Å². The third-order valence-corrected chi connectivity index (χ3v) is 2.66. The molecular weight excluding hydrogens is 296 g/mol. The minimum Gasteiger partial charge on any atom is -0.245 e. The fourth-order valence-electron chi connectivity index (χ4n) is 1.37. The molecule has 24 heavy (non-hydrogen) atoms. The van der Waals surface area contributed by atoms with Crippen LogP contribution in [-0.4, -0.2) is 19.9 Å². The second-order valence-electron chi connectivity index (χ2n) is 6.70. The van der Waals surface area contributed by atoms with Crippen molar-refractivity contribution in [3.63, 3.8) is 0 Å². The van der Waals surface area contributed by atoms with Gasteiger partial charge in [-0.2, -0.15) is 0 Å². The van der Waals surface area contributed by atoms with Crippen LogP contribution in [0.25, 0.3) is 0 Å². The molecule has 0 saturated carbocycles.